The van der Waals surface area contributed by atoms with Gasteiger partial charge in [0.05, 0.1) is 44.4 Å². The molecule has 0 atom stereocenters. The van der Waals surface area contributed by atoms with Crippen molar-refractivity contribution < 1.29 is 27.9 Å². The lowest BCUT2D eigenvalue weighted by Crippen LogP contribution is -2.41. The lowest BCUT2D eigenvalue weighted by atomic mass is 9.49. The largest absolute Gasteiger partial charge is 0.494 e. The summed E-state index contributed by atoms with van der Waals surface area (Å²) < 4.78 is 38.1. The summed E-state index contributed by atoms with van der Waals surface area (Å²) in [6.45, 7) is 24.7. The van der Waals surface area contributed by atoms with Crippen LogP contribution in [0.4, 0.5) is 0 Å². The fourth-order valence-corrected chi connectivity index (χ4v) is 15.6. The molecule has 7 aliphatic rings. The lowest BCUT2D eigenvalue weighted by Gasteiger charge is -2.35. The molecule has 446 valence electrons. The molecule has 90 heavy (non-hydrogen) atoms. The van der Waals surface area contributed by atoms with E-state index in [0.717, 1.165) is 9.94 Å². The van der Waals surface area contributed by atoms with Gasteiger partial charge in [0.15, 0.2) is 0 Å². The van der Waals surface area contributed by atoms with E-state index in [2.05, 4.69) is 274 Å². The molecule has 6 nitrogen and oxygen atoms in total. The van der Waals surface area contributed by atoms with Gasteiger partial charge in [-0.1, -0.05) is 234 Å². The lowest BCUT2D eigenvalue weighted by molar-refractivity contribution is 0.00578. The van der Waals surface area contributed by atoms with Gasteiger partial charge in [0.2, 0.25) is 0 Å². The van der Waals surface area contributed by atoms with Crippen molar-refractivity contribution in [2.24, 2.45) is 0 Å². The van der Waals surface area contributed by atoms with Gasteiger partial charge in [0.1, 0.15) is 0 Å². The Labute approximate surface area is 540 Å². The van der Waals surface area contributed by atoms with E-state index in [-0.39, 0.29) is 27.8 Å². The molecule has 0 amide bonds. The first-order valence-electron chi connectivity index (χ1n) is 31.8. The molecule has 0 unspecified atom stereocenters. The molecule has 0 N–H and O–H groups in total. The minimum absolute atomic E-state index is 0.360. The third kappa shape index (κ3) is 8.61. The Balaban J connectivity index is 0.000000121. The van der Waals surface area contributed by atoms with Gasteiger partial charge in [-0.15, -0.1) is 0 Å². The van der Waals surface area contributed by atoms with Gasteiger partial charge in [-0.05, 0) is 212 Å². The average molecular weight is 1240 g/mol. The fraction of sp³-hybridized carbons (Fsp3) is 0.250. The van der Waals surface area contributed by atoms with E-state index in [1.807, 2.05) is 55.4 Å². The Kier molecular flexibility index (Phi) is 13.6. The molecule has 3 saturated heterocycles. The highest BCUT2D eigenvalue weighted by Gasteiger charge is 2.64. The summed E-state index contributed by atoms with van der Waals surface area (Å²) >= 11 is 3.81. The van der Waals surface area contributed by atoms with E-state index in [0.29, 0.717) is 0 Å². The summed E-state index contributed by atoms with van der Waals surface area (Å²) in [6.07, 6.45) is 0. The molecule has 0 aromatic heterocycles. The Hall–Kier alpha value is -7.37. The highest BCUT2D eigenvalue weighted by molar-refractivity contribution is 9.10. The van der Waals surface area contributed by atoms with Gasteiger partial charge in [-0.25, -0.2) is 0 Å². The van der Waals surface area contributed by atoms with Crippen LogP contribution < -0.4 is 5.46 Å². The zero-order valence-corrected chi connectivity index (χ0v) is 55.1. The molecule has 3 fully saturated rings. The Morgan fingerprint density at radius 2 is 0.456 bits per heavy atom. The van der Waals surface area contributed by atoms with Crippen LogP contribution in [0.5, 0.6) is 0 Å². The van der Waals surface area contributed by atoms with Crippen molar-refractivity contribution in [3.05, 3.63) is 280 Å². The van der Waals surface area contributed by atoms with Crippen molar-refractivity contribution in [1.29, 1.82) is 0 Å². The van der Waals surface area contributed by atoms with Crippen molar-refractivity contribution in [3.8, 4) is 66.8 Å². The van der Waals surface area contributed by atoms with Crippen LogP contribution in [0.1, 0.15) is 128 Å². The van der Waals surface area contributed by atoms with Crippen LogP contribution in [0.15, 0.2) is 235 Å². The SMILES string of the molecule is Brc1ccc2c(c1)C1(c3ccccc3-c3ccccc3-2)c2ccccc2-c2ccccc21.CC1(C)OB(B2OC(C)(C)C(C)(C)O2)OC1(C)C.CC1(C)OB(c2ccc3c(c2)C2(c4ccccc4-c4ccccc4-3)c3ccccc3-c3ccccc32)OC1(C)C. The molecule has 10 aromatic rings. The maximum absolute atomic E-state index is 6.58. The predicted molar refractivity (Wildman–Crippen MR) is 372 cm³/mol. The smallest absolute Gasteiger partial charge is 0.405 e. The van der Waals surface area contributed by atoms with Crippen LogP contribution in [0, 0.1) is 0 Å². The van der Waals surface area contributed by atoms with Crippen molar-refractivity contribution in [3.63, 3.8) is 0 Å². The van der Waals surface area contributed by atoms with Crippen molar-refractivity contribution in [2.75, 3.05) is 0 Å². The molecule has 0 bridgehead atoms. The molecule has 17 rings (SSSR count). The van der Waals surface area contributed by atoms with Gasteiger partial charge >= 0.3 is 21.1 Å². The maximum Gasteiger partial charge on any atom is 0.494 e. The van der Waals surface area contributed by atoms with Gasteiger partial charge in [0, 0.05) is 4.47 Å². The van der Waals surface area contributed by atoms with Crippen LogP contribution in [-0.2, 0) is 38.8 Å². The Morgan fingerprint density at radius 1 is 0.233 bits per heavy atom. The van der Waals surface area contributed by atoms with Crippen LogP contribution >= 0.6 is 15.9 Å². The zero-order chi connectivity index (χ0) is 62.5. The first-order valence-corrected chi connectivity index (χ1v) is 32.6. The predicted octanol–water partition coefficient (Wildman–Crippen LogP) is 18.7. The highest BCUT2D eigenvalue weighted by atomic mass is 79.9. The molecule has 10 aromatic carbocycles. The molecule has 2 spiro atoms. The monoisotopic (exact) mass is 1240 g/mol. The number of hydrogen-bond donors (Lipinski definition) is 0. The third-order valence-corrected chi connectivity index (χ3v) is 22.2. The summed E-state index contributed by atoms with van der Waals surface area (Å²) in [5.41, 5.74) is 24.1. The van der Waals surface area contributed by atoms with E-state index in [9.17, 15) is 0 Å². The number of hydrogen-bond acceptors (Lipinski definition) is 6. The number of benzene rings is 10. The zero-order valence-electron chi connectivity index (χ0n) is 53.5. The molecular weight excluding hydrogens is 1170 g/mol. The average Bonchev–Trinajstić information content (AvgIpc) is 1.52. The molecule has 0 radical (unpaired) electrons. The second-order valence-corrected chi connectivity index (χ2v) is 29.1. The second kappa shape index (κ2) is 20.8. The van der Waals surface area contributed by atoms with E-state index in [4.69, 9.17) is 27.9 Å². The molecule has 10 heteroatoms. The van der Waals surface area contributed by atoms with Crippen LogP contribution in [-0.4, -0.2) is 54.7 Å². The van der Waals surface area contributed by atoms with Crippen LogP contribution in [0.2, 0.25) is 0 Å². The van der Waals surface area contributed by atoms with E-state index in [1.165, 1.54) is 111 Å². The summed E-state index contributed by atoms with van der Waals surface area (Å²) in [5.74, 6) is 0. The minimum atomic E-state index is -0.488. The quantitative estimate of drug-likeness (QED) is 0.161. The summed E-state index contributed by atoms with van der Waals surface area (Å²) in [7, 11) is -1.39. The van der Waals surface area contributed by atoms with Crippen LogP contribution in [0.25, 0.3) is 66.8 Å². The first-order chi connectivity index (χ1) is 43.0. The van der Waals surface area contributed by atoms with Crippen LogP contribution in [0.3, 0.4) is 0 Å². The molecule has 4 aliphatic carbocycles. The van der Waals surface area contributed by atoms with E-state index >= 15 is 0 Å². The van der Waals surface area contributed by atoms with Gasteiger partial charge in [-0.3, -0.25) is 0 Å². The second-order valence-electron chi connectivity index (χ2n) is 28.2. The number of halogens is 1. The molecule has 3 aliphatic heterocycles. The summed E-state index contributed by atoms with van der Waals surface area (Å²) in [6, 6.07) is 85.1. The third-order valence-electron chi connectivity index (χ3n) is 21.7. The van der Waals surface area contributed by atoms with E-state index in [1.54, 1.807) is 0 Å². The highest BCUT2D eigenvalue weighted by Crippen LogP contribution is 2.63. The standard InChI is InChI=1S/C37H31BO2.C31H19Br.C12H24B2O4/c1-35(2)36(3,4)40-38(39-35)24-21-22-30-26-14-6-5-13-25(26)27-15-7-10-18-31(27)37(34(30)23-24)32-19-11-8-16-28(32)29-17-9-12-20-33(29)37;32-20-17-18-26-22-10-2-1-9-21(22)23-11-3-6-14-27(23)31(30(26)19-20)28-15-7-4-12-24(28)25-13-5-8-16-29(25)31;1-9(2)10(3,4)16-13(15-9)14-17-11(5,6)12(7,8)18-14/h5-23H,1-4H3;1-19H;1-8H3. The van der Waals surface area contributed by atoms with E-state index < -0.39 is 37.8 Å². The summed E-state index contributed by atoms with van der Waals surface area (Å²) in [5, 5.41) is 0. The number of fused-ring (bicyclic) bond motifs is 24. The molecule has 3 heterocycles. The van der Waals surface area contributed by atoms with Gasteiger partial charge in [0.25, 0.3) is 0 Å². The number of rotatable bonds is 2. The molecular formula is C80H74B3BrO6. The molecule has 0 saturated carbocycles. The van der Waals surface area contributed by atoms with Gasteiger partial charge < -0.3 is 27.9 Å². The summed E-state index contributed by atoms with van der Waals surface area (Å²) in [4.78, 5) is 0. The normalized spacial score (nSPS) is 19.5. The minimum Gasteiger partial charge on any atom is -0.405 e. The Bertz CT molecular complexity index is 4370. The first kappa shape index (κ1) is 59.0. The topological polar surface area (TPSA) is 55.4 Å². The fourth-order valence-electron chi connectivity index (χ4n) is 15.2. The Morgan fingerprint density at radius 3 is 0.756 bits per heavy atom. The van der Waals surface area contributed by atoms with Crippen molar-refractivity contribution >= 4 is 42.5 Å². The van der Waals surface area contributed by atoms with Gasteiger partial charge in [-0.2, -0.15) is 0 Å². The maximum atomic E-state index is 6.58. The van der Waals surface area contributed by atoms with Crippen molar-refractivity contribution in [2.45, 2.75) is 128 Å². The van der Waals surface area contributed by atoms with Crippen molar-refractivity contribution in [1.82, 2.24) is 0 Å².